The number of hydrogen-bond acceptors (Lipinski definition) is 2. The highest BCUT2D eigenvalue weighted by atomic mass is 15.4. The predicted molar refractivity (Wildman–Crippen MR) is 126 cm³/mol. The predicted octanol–water partition coefficient (Wildman–Crippen LogP) is 8.48. The van der Waals surface area contributed by atoms with Crippen molar-refractivity contribution in [3.63, 3.8) is 0 Å². The summed E-state index contributed by atoms with van der Waals surface area (Å²) in [5.41, 5.74) is 0. The molecule has 0 spiro atoms. The molecule has 0 N–H and O–H groups in total. The van der Waals surface area contributed by atoms with Crippen molar-refractivity contribution in [2.75, 3.05) is 13.1 Å². The van der Waals surface area contributed by atoms with E-state index in [1.165, 1.54) is 129 Å². The van der Waals surface area contributed by atoms with Gasteiger partial charge in [-0.25, -0.2) is 0 Å². The first-order valence-electron chi connectivity index (χ1n) is 13.0. The van der Waals surface area contributed by atoms with Crippen LogP contribution in [-0.4, -0.2) is 29.1 Å². The van der Waals surface area contributed by atoms with Gasteiger partial charge in [0.1, 0.15) is 6.17 Å². The average molecular weight is 393 g/mol. The second-order valence-electron chi connectivity index (χ2n) is 8.99. The summed E-state index contributed by atoms with van der Waals surface area (Å²) in [6, 6.07) is 0. The third kappa shape index (κ3) is 12.0. The van der Waals surface area contributed by atoms with Crippen molar-refractivity contribution in [3.05, 3.63) is 12.4 Å². The lowest BCUT2D eigenvalue weighted by Gasteiger charge is -2.33. The van der Waals surface area contributed by atoms with E-state index in [0.29, 0.717) is 6.17 Å². The molecule has 1 heterocycles. The summed E-state index contributed by atoms with van der Waals surface area (Å²) < 4.78 is 0. The van der Waals surface area contributed by atoms with Crippen LogP contribution in [0.25, 0.3) is 0 Å². The van der Waals surface area contributed by atoms with Crippen LogP contribution in [0.15, 0.2) is 12.4 Å². The molecule has 0 fully saturated rings. The van der Waals surface area contributed by atoms with Crippen LogP contribution in [0.1, 0.15) is 136 Å². The Balaban J connectivity index is 2.10. The molecule has 2 nitrogen and oxygen atoms in total. The fraction of sp³-hybridized carbons (Fsp3) is 0.923. The van der Waals surface area contributed by atoms with E-state index in [-0.39, 0.29) is 0 Å². The Kier molecular flexibility index (Phi) is 16.7. The van der Waals surface area contributed by atoms with Gasteiger partial charge in [-0.2, -0.15) is 0 Å². The van der Waals surface area contributed by atoms with Crippen molar-refractivity contribution < 1.29 is 0 Å². The molecule has 0 saturated carbocycles. The molecule has 0 aromatic rings. The fourth-order valence-corrected chi connectivity index (χ4v) is 4.49. The lowest BCUT2D eigenvalue weighted by Crippen LogP contribution is -2.39. The van der Waals surface area contributed by atoms with E-state index in [0.717, 1.165) is 0 Å². The van der Waals surface area contributed by atoms with Crippen LogP contribution in [0.3, 0.4) is 0 Å². The zero-order chi connectivity index (χ0) is 20.3. The van der Waals surface area contributed by atoms with Crippen LogP contribution in [0, 0.1) is 0 Å². The summed E-state index contributed by atoms with van der Waals surface area (Å²) in [6.45, 7) is 9.38. The molecular weight excluding hydrogens is 340 g/mol. The highest BCUT2D eigenvalue weighted by molar-refractivity contribution is 4.96. The highest BCUT2D eigenvalue weighted by Gasteiger charge is 2.24. The molecule has 0 aromatic heterocycles. The maximum Gasteiger partial charge on any atom is 0.101 e. The molecule has 0 bridgehead atoms. The van der Waals surface area contributed by atoms with E-state index in [2.05, 4.69) is 43.0 Å². The molecule has 0 radical (unpaired) electrons. The van der Waals surface area contributed by atoms with Crippen molar-refractivity contribution in [2.45, 2.75) is 143 Å². The quantitative estimate of drug-likeness (QED) is 0.192. The largest absolute Gasteiger partial charge is 0.356 e. The molecule has 0 aromatic carbocycles. The topological polar surface area (TPSA) is 6.48 Å². The number of hydrogen-bond donors (Lipinski definition) is 0. The summed E-state index contributed by atoms with van der Waals surface area (Å²) in [4.78, 5) is 5.24. The smallest absolute Gasteiger partial charge is 0.101 e. The Hall–Kier alpha value is -0.660. The van der Waals surface area contributed by atoms with Crippen LogP contribution < -0.4 is 0 Å². The lowest BCUT2D eigenvalue weighted by molar-refractivity contribution is 0.137. The van der Waals surface area contributed by atoms with Gasteiger partial charge in [-0.05, 0) is 25.7 Å². The Morgan fingerprint density at radius 2 is 0.893 bits per heavy atom. The molecule has 1 atom stereocenters. The highest BCUT2D eigenvalue weighted by Crippen LogP contribution is 2.23. The maximum atomic E-state index is 2.64. The number of nitrogens with zero attached hydrogens (tertiary/aromatic N) is 2. The van der Waals surface area contributed by atoms with Gasteiger partial charge in [0.15, 0.2) is 0 Å². The Morgan fingerprint density at radius 3 is 1.39 bits per heavy atom. The van der Waals surface area contributed by atoms with Crippen LogP contribution in [0.5, 0.6) is 0 Å². The van der Waals surface area contributed by atoms with Gasteiger partial charge < -0.3 is 9.80 Å². The van der Waals surface area contributed by atoms with Crippen molar-refractivity contribution in [1.82, 2.24) is 9.80 Å². The van der Waals surface area contributed by atoms with Gasteiger partial charge >= 0.3 is 0 Å². The molecule has 2 heteroatoms. The van der Waals surface area contributed by atoms with E-state index in [1.807, 2.05) is 0 Å². The monoisotopic (exact) mass is 392 g/mol. The minimum atomic E-state index is 0.643. The van der Waals surface area contributed by atoms with E-state index in [1.54, 1.807) is 0 Å². The number of rotatable bonds is 20. The molecule has 0 saturated heterocycles. The molecule has 0 amide bonds. The van der Waals surface area contributed by atoms with E-state index >= 15 is 0 Å². The second-order valence-corrected chi connectivity index (χ2v) is 8.99. The van der Waals surface area contributed by atoms with Crippen molar-refractivity contribution >= 4 is 0 Å². The van der Waals surface area contributed by atoms with Crippen LogP contribution in [0.2, 0.25) is 0 Å². The first kappa shape index (κ1) is 25.4. The molecule has 1 unspecified atom stereocenters. The molecule has 0 aliphatic carbocycles. The fourth-order valence-electron chi connectivity index (χ4n) is 4.49. The van der Waals surface area contributed by atoms with Crippen molar-refractivity contribution in [3.8, 4) is 0 Å². The van der Waals surface area contributed by atoms with Gasteiger partial charge in [0.05, 0.1) is 0 Å². The maximum absolute atomic E-state index is 2.64. The Bertz CT molecular complexity index is 352. The second kappa shape index (κ2) is 18.4. The SMILES string of the molecule is CCCCCCCCCCCCCC1N(CCC)C=CN1CCCCCCC. The van der Waals surface area contributed by atoms with Crippen LogP contribution in [0.4, 0.5) is 0 Å². The molecule has 1 aliphatic heterocycles. The Morgan fingerprint density at radius 1 is 0.464 bits per heavy atom. The van der Waals surface area contributed by atoms with Crippen molar-refractivity contribution in [1.29, 1.82) is 0 Å². The molecular formula is C26H52N2. The normalized spacial score (nSPS) is 16.5. The average Bonchev–Trinajstić information content (AvgIpc) is 3.08. The summed E-state index contributed by atoms with van der Waals surface area (Å²) in [5.74, 6) is 0. The van der Waals surface area contributed by atoms with Crippen LogP contribution in [-0.2, 0) is 0 Å². The summed E-state index contributed by atoms with van der Waals surface area (Å²) in [6.07, 6.45) is 30.7. The van der Waals surface area contributed by atoms with Gasteiger partial charge in [-0.3, -0.25) is 0 Å². The third-order valence-corrected chi connectivity index (χ3v) is 6.28. The van der Waals surface area contributed by atoms with E-state index in [4.69, 9.17) is 0 Å². The molecule has 1 aliphatic rings. The van der Waals surface area contributed by atoms with Gasteiger partial charge in [0.2, 0.25) is 0 Å². The molecule has 166 valence electrons. The minimum absolute atomic E-state index is 0.643. The van der Waals surface area contributed by atoms with Gasteiger partial charge in [-0.15, -0.1) is 0 Å². The van der Waals surface area contributed by atoms with Crippen LogP contribution >= 0.6 is 0 Å². The zero-order valence-electron chi connectivity index (χ0n) is 19.8. The van der Waals surface area contributed by atoms with Gasteiger partial charge in [-0.1, -0.05) is 111 Å². The van der Waals surface area contributed by atoms with Gasteiger partial charge in [0.25, 0.3) is 0 Å². The summed E-state index contributed by atoms with van der Waals surface area (Å²) in [7, 11) is 0. The third-order valence-electron chi connectivity index (χ3n) is 6.28. The molecule has 28 heavy (non-hydrogen) atoms. The first-order valence-corrected chi connectivity index (χ1v) is 13.0. The standard InChI is InChI=1S/C26H52N2/c1-4-7-9-11-12-13-14-15-16-17-19-21-26-27(22-6-3)24-25-28(26)23-20-18-10-8-5-2/h24-26H,4-23H2,1-3H3. The summed E-state index contributed by atoms with van der Waals surface area (Å²) in [5, 5.41) is 0. The minimum Gasteiger partial charge on any atom is -0.356 e. The molecule has 1 rings (SSSR count). The Labute approximate surface area is 178 Å². The lowest BCUT2D eigenvalue weighted by atomic mass is 10.0. The number of unbranched alkanes of at least 4 members (excludes halogenated alkanes) is 14. The van der Waals surface area contributed by atoms with E-state index in [9.17, 15) is 0 Å². The summed E-state index contributed by atoms with van der Waals surface area (Å²) >= 11 is 0. The van der Waals surface area contributed by atoms with Crippen molar-refractivity contribution in [2.24, 2.45) is 0 Å². The zero-order valence-corrected chi connectivity index (χ0v) is 19.8. The first-order chi connectivity index (χ1) is 13.8. The van der Waals surface area contributed by atoms with E-state index < -0.39 is 0 Å². The van der Waals surface area contributed by atoms with Gasteiger partial charge in [0, 0.05) is 25.5 Å².